The molecule has 2 saturated heterocycles. The quantitative estimate of drug-likeness (QED) is 0.729. The summed E-state index contributed by atoms with van der Waals surface area (Å²) in [7, 11) is 0. The highest BCUT2D eigenvalue weighted by atomic mass is 32.1. The molecule has 0 spiro atoms. The Labute approximate surface area is 183 Å². The van der Waals surface area contributed by atoms with Gasteiger partial charge in [0.1, 0.15) is 0 Å². The first-order chi connectivity index (χ1) is 14.6. The maximum absolute atomic E-state index is 12.6. The number of hydrogen-bond donors (Lipinski definition) is 1. The van der Waals surface area contributed by atoms with Crippen LogP contribution in [0.25, 0.3) is 0 Å². The van der Waals surface area contributed by atoms with Gasteiger partial charge in [0.25, 0.3) is 0 Å². The molecule has 1 aromatic heterocycles. The van der Waals surface area contributed by atoms with E-state index in [1.807, 2.05) is 29.2 Å². The lowest BCUT2D eigenvalue weighted by Crippen LogP contribution is -2.41. The average Bonchev–Trinajstić information content (AvgIpc) is 3.42. The van der Waals surface area contributed by atoms with Crippen LogP contribution in [-0.4, -0.2) is 42.9 Å². The number of benzene rings is 1. The Hall–Kier alpha value is -2.18. The molecule has 1 unspecified atom stereocenters. The van der Waals surface area contributed by atoms with Gasteiger partial charge in [0.2, 0.25) is 11.8 Å². The van der Waals surface area contributed by atoms with Gasteiger partial charge in [0.15, 0.2) is 0 Å². The first kappa shape index (κ1) is 21.1. The van der Waals surface area contributed by atoms with Crippen molar-refractivity contribution in [2.75, 3.05) is 31.1 Å². The zero-order chi connectivity index (χ0) is 20.9. The Balaban J connectivity index is 1.33. The van der Waals surface area contributed by atoms with Gasteiger partial charge < -0.3 is 10.2 Å². The van der Waals surface area contributed by atoms with Crippen molar-refractivity contribution in [2.24, 2.45) is 5.92 Å². The number of carbonyl (C=O) groups is 2. The molecule has 1 atom stereocenters. The summed E-state index contributed by atoms with van der Waals surface area (Å²) >= 11 is 1.77. The number of carbonyl (C=O) groups excluding carboxylic acids is 2. The lowest BCUT2D eigenvalue weighted by molar-refractivity contribution is -0.120. The molecule has 0 saturated carbocycles. The van der Waals surface area contributed by atoms with Gasteiger partial charge in [-0.05, 0) is 67.4 Å². The monoisotopic (exact) mass is 425 g/mol. The fraction of sp³-hybridized carbons (Fsp3) is 0.500. The summed E-state index contributed by atoms with van der Waals surface area (Å²) < 4.78 is 0. The third-order valence-electron chi connectivity index (χ3n) is 6.31. The maximum Gasteiger partial charge on any atom is 0.227 e. The molecule has 160 valence electrons. The summed E-state index contributed by atoms with van der Waals surface area (Å²) in [5.41, 5.74) is 1.90. The molecule has 2 amide bonds. The lowest BCUT2D eigenvalue weighted by Gasteiger charge is -2.36. The molecular formula is C24H31N3O2S. The van der Waals surface area contributed by atoms with E-state index < -0.39 is 0 Å². The normalized spacial score (nSPS) is 19.2. The number of nitrogens with one attached hydrogen (secondary N) is 1. The molecular weight excluding hydrogens is 394 g/mol. The minimum atomic E-state index is 0.0481. The van der Waals surface area contributed by atoms with Crippen molar-refractivity contribution >= 4 is 28.8 Å². The fourth-order valence-electron chi connectivity index (χ4n) is 4.40. The molecule has 1 aromatic carbocycles. The van der Waals surface area contributed by atoms with Crippen LogP contribution in [0, 0.1) is 5.92 Å². The lowest BCUT2D eigenvalue weighted by atomic mass is 9.97. The standard InChI is InChI=1S/C24H31N3O2S/c1-18-10-13-26(14-11-18)21(22-4-3-15-30-22)17-25-23(28)16-19-6-8-20(9-7-19)27-12-2-5-24(27)29/h3-4,6-9,15,18,21H,2,5,10-14,16-17H2,1H3,(H,25,28). The number of nitrogens with zero attached hydrogens (tertiary/aromatic N) is 2. The van der Waals surface area contributed by atoms with Crippen LogP contribution in [-0.2, 0) is 16.0 Å². The van der Waals surface area contributed by atoms with E-state index in [9.17, 15) is 9.59 Å². The number of piperidine rings is 1. The highest BCUT2D eigenvalue weighted by Gasteiger charge is 2.26. The molecule has 2 fully saturated rings. The number of anilines is 1. The third kappa shape index (κ3) is 5.10. The summed E-state index contributed by atoms with van der Waals surface area (Å²) in [6.45, 7) is 5.95. The molecule has 1 N–H and O–H groups in total. The minimum absolute atomic E-state index is 0.0481. The molecule has 2 aromatic rings. The van der Waals surface area contributed by atoms with Crippen molar-refractivity contribution in [3.63, 3.8) is 0 Å². The van der Waals surface area contributed by atoms with Crippen LogP contribution >= 0.6 is 11.3 Å². The van der Waals surface area contributed by atoms with Gasteiger partial charge >= 0.3 is 0 Å². The maximum atomic E-state index is 12.6. The molecule has 2 aliphatic rings. The molecule has 30 heavy (non-hydrogen) atoms. The first-order valence-electron chi connectivity index (χ1n) is 11.0. The Bertz CT molecular complexity index is 842. The zero-order valence-corrected chi connectivity index (χ0v) is 18.5. The van der Waals surface area contributed by atoms with Crippen molar-refractivity contribution in [1.82, 2.24) is 10.2 Å². The van der Waals surface area contributed by atoms with E-state index in [1.54, 1.807) is 11.3 Å². The second kappa shape index (κ2) is 9.75. The van der Waals surface area contributed by atoms with Gasteiger partial charge in [-0.1, -0.05) is 25.1 Å². The van der Waals surface area contributed by atoms with Gasteiger partial charge in [-0.3, -0.25) is 14.5 Å². The summed E-state index contributed by atoms with van der Waals surface area (Å²) in [6, 6.07) is 12.4. The third-order valence-corrected chi connectivity index (χ3v) is 7.28. The van der Waals surface area contributed by atoms with Gasteiger partial charge in [-0.2, -0.15) is 0 Å². The van der Waals surface area contributed by atoms with Crippen LogP contribution in [0.4, 0.5) is 5.69 Å². The molecule has 2 aliphatic heterocycles. The average molecular weight is 426 g/mol. The highest BCUT2D eigenvalue weighted by molar-refractivity contribution is 7.10. The van der Waals surface area contributed by atoms with E-state index >= 15 is 0 Å². The van der Waals surface area contributed by atoms with Crippen molar-refractivity contribution < 1.29 is 9.59 Å². The van der Waals surface area contributed by atoms with Gasteiger partial charge in [0.05, 0.1) is 12.5 Å². The smallest absolute Gasteiger partial charge is 0.227 e. The van der Waals surface area contributed by atoms with Crippen molar-refractivity contribution in [1.29, 1.82) is 0 Å². The second-order valence-corrected chi connectivity index (χ2v) is 9.53. The Morgan fingerprint density at radius 1 is 1.17 bits per heavy atom. The number of amides is 2. The van der Waals surface area contributed by atoms with Gasteiger partial charge in [-0.15, -0.1) is 11.3 Å². The first-order valence-corrected chi connectivity index (χ1v) is 11.9. The van der Waals surface area contributed by atoms with Gasteiger partial charge in [-0.25, -0.2) is 0 Å². The summed E-state index contributed by atoms with van der Waals surface area (Å²) in [6.07, 6.45) is 4.36. The SMILES string of the molecule is CC1CCN(C(CNC(=O)Cc2ccc(N3CCCC3=O)cc2)c2cccs2)CC1. The van der Waals surface area contributed by atoms with E-state index in [2.05, 4.69) is 34.7 Å². The predicted octanol–water partition coefficient (Wildman–Crippen LogP) is 4.01. The van der Waals surface area contributed by atoms with E-state index in [0.29, 0.717) is 19.4 Å². The molecule has 6 heteroatoms. The molecule has 5 nitrogen and oxygen atoms in total. The van der Waals surface area contributed by atoms with Crippen molar-refractivity contribution in [2.45, 2.75) is 45.1 Å². The number of rotatable bonds is 7. The number of hydrogen-bond acceptors (Lipinski definition) is 4. The minimum Gasteiger partial charge on any atom is -0.354 e. The molecule has 0 radical (unpaired) electrons. The van der Waals surface area contributed by atoms with Crippen molar-refractivity contribution in [3.05, 3.63) is 52.2 Å². The molecule has 4 rings (SSSR count). The Kier molecular flexibility index (Phi) is 6.85. The van der Waals surface area contributed by atoms with E-state index in [1.165, 1.54) is 17.7 Å². The van der Waals surface area contributed by atoms with Crippen LogP contribution < -0.4 is 10.2 Å². The predicted molar refractivity (Wildman–Crippen MR) is 122 cm³/mol. The molecule has 3 heterocycles. The summed E-state index contributed by atoms with van der Waals surface area (Å²) in [4.78, 5) is 30.2. The van der Waals surface area contributed by atoms with Crippen LogP contribution in [0.2, 0.25) is 0 Å². The number of likely N-dealkylation sites (tertiary alicyclic amines) is 1. The molecule has 0 bridgehead atoms. The van der Waals surface area contributed by atoms with Crippen LogP contribution in [0.15, 0.2) is 41.8 Å². The van der Waals surface area contributed by atoms with Crippen LogP contribution in [0.5, 0.6) is 0 Å². The van der Waals surface area contributed by atoms with Crippen molar-refractivity contribution in [3.8, 4) is 0 Å². The van der Waals surface area contributed by atoms with E-state index in [-0.39, 0.29) is 17.9 Å². The largest absolute Gasteiger partial charge is 0.354 e. The zero-order valence-electron chi connectivity index (χ0n) is 17.7. The van der Waals surface area contributed by atoms with E-state index in [4.69, 9.17) is 0 Å². The van der Waals surface area contributed by atoms with Crippen LogP contribution in [0.3, 0.4) is 0 Å². The highest BCUT2D eigenvalue weighted by Crippen LogP contribution is 2.29. The Morgan fingerprint density at radius 3 is 2.57 bits per heavy atom. The fourth-order valence-corrected chi connectivity index (χ4v) is 5.26. The van der Waals surface area contributed by atoms with Gasteiger partial charge in [0, 0.05) is 30.1 Å². The second-order valence-electron chi connectivity index (χ2n) is 8.55. The topological polar surface area (TPSA) is 52.7 Å². The summed E-state index contributed by atoms with van der Waals surface area (Å²) in [5, 5.41) is 5.28. The Morgan fingerprint density at radius 2 is 1.93 bits per heavy atom. The molecule has 0 aliphatic carbocycles. The van der Waals surface area contributed by atoms with Crippen LogP contribution in [0.1, 0.15) is 49.1 Å². The van der Waals surface area contributed by atoms with E-state index in [0.717, 1.165) is 43.2 Å². The number of thiophene rings is 1. The summed E-state index contributed by atoms with van der Waals surface area (Å²) in [5.74, 6) is 1.03.